The molecule has 1 aromatic carbocycles. The highest BCUT2D eigenvalue weighted by Crippen LogP contribution is 2.43. The number of benzene rings is 1. The lowest BCUT2D eigenvalue weighted by molar-refractivity contribution is -0.141. The van der Waals surface area contributed by atoms with E-state index in [0.29, 0.717) is 35.2 Å². The van der Waals surface area contributed by atoms with Gasteiger partial charge < -0.3 is 10.1 Å². The first-order valence-electron chi connectivity index (χ1n) is 8.79. The summed E-state index contributed by atoms with van der Waals surface area (Å²) in [5.41, 5.74) is 0.00389. The number of hydrogen-bond donors (Lipinski definition) is 1. The molecule has 1 spiro atoms. The van der Waals surface area contributed by atoms with E-state index in [9.17, 15) is 4.79 Å². The first kappa shape index (κ1) is 20.8. The number of aromatic nitrogens is 1. The number of nitrogens with zero attached hydrogens (tertiary/aromatic N) is 3. The molecule has 0 bridgehead atoms. The second-order valence-electron chi connectivity index (χ2n) is 6.72. The zero-order valence-electron chi connectivity index (χ0n) is 15.1. The van der Waals surface area contributed by atoms with Crippen molar-refractivity contribution in [2.24, 2.45) is 0 Å². The zero-order valence-corrected chi connectivity index (χ0v) is 18.2. The number of nitriles is 1. The first-order chi connectivity index (χ1) is 14.0. The molecule has 0 saturated carbocycles. The third-order valence-corrected chi connectivity index (χ3v) is 7.81. The summed E-state index contributed by atoms with van der Waals surface area (Å²) < 4.78 is 8.24. The number of nitrogens with one attached hydrogen (secondary N) is 1. The quantitative estimate of drug-likeness (QED) is 0.688. The number of pyridine rings is 1. The van der Waals surface area contributed by atoms with E-state index in [-0.39, 0.29) is 17.8 Å². The molecule has 2 aliphatic rings. The SMILES string of the molecule is N#Cc1ccc(SN2C[C@H](Sc3ccc(Cl)cn3)[C@@]3(CNC(=O)CO3)C2)c(Cl)c1. The van der Waals surface area contributed by atoms with E-state index >= 15 is 0 Å². The molecule has 6 nitrogen and oxygen atoms in total. The van der Waals surface area contributed by atoms with Crippen molar-refractivity contribution in [3.63, 3.8) is 0 Å². The van der Waals surface area contributed by atoms with E-state index in [1.54, 1.807) is 30.1 Å². The number of rotatable bonds is 4. The van der Waals surface area contributed by atoms with E-state index in [1.165, 1.54) is 11.9 Å². The monoisotopic (exact) mass is 466 g/mol. The summed E-state index contributed by atoms with van der Waals surface area (Å²) in [5, 5.41) is 14.0. The van der Waals surface area contributed by atoms with Gasteiger partial charge in [0, 0.05) is 30.7 Å². The third kappa shape index (κ3) is 4.66. The highest BCUT2D eigenvalue weighted by Gasteiger charge is 2.51. The van der Waals surface area contributed by atoms with Gasteiger partial charge in [0.2, 0.25) is 5.91 Å². The Hall–Kier alpha value is -1.47. The van der Waals surface area contributed by atoms with Crippen LogP contribution in [0.5, 0.6) is 0 Å². The van der Waals surface area contributed by atoms with E-state index in [0.717, 1.165) is 9.92 Å². The second-order valence-corrected chi connectivity index (χ2v) is 9.93. The van der Waals surface area contributed by atoms with Crippen LogP contribution in [0.25, 0.3) is 0 Å². The van der Waals surface area contributed by atoms with Gasteiger partial charge >= 0.3 is 0 Å². The maximum atomic E-state index is 11.7. The van der Waals surface area contributed by atoms with E-state index in [1.807, 2.05) is 18.2 Å². The average Bonchev–Trinajstić information content (AvgIpc) is 3.04. The number of thioether (sulfide) groups is 1. The number of hydrogen-bond acceptors (Lipinski definition) is 7. The minimum Gasteiger partial charge on any atom is -0.361 e. The van der Waals surface area contributed by atoms with Crippen molar-refractivity contribution >= 4 is 52.8 Å². The number of carbonyl (C=O) groups is 1. The minimum absolute atomic E-state index is 0.0429. The molecule has 2 fully saturated rings. The summed E-state index contributed by atoms with van der Waals surface area (Å²) in [6.45, 7) is 1.82. The van der Waals surface area contributed by atoms with Crippen molar-refractivity contribution in [3.8, 4) is 6.07 Å². The number of amides is 1. The van der Waals surface area contributed by atoms with Crippen LogP contribution in [0.2, 0.25) is 10.0 Å². The molecule has 0 aliphatic carbocycles. The second kappa shape index (κ2) is 8.72. The van der Waals surface area contributed by atoms with Crippen LogP contribution in [-0.4, -0.2) is 52.3 Å². The van der Waals surface area contributed by atoms with Gasteiger partial charge in [-0.25, -0.2) is 9.29 Å². The van der Waals surface area contributed by atoms with Crippen molar-refractivity contribution in [1.82, 2.24) is 14.6 Å². The van der Waals surface area contributed by atoms with Crippen LogP contribution in [-0.2, 0) is 9.53 Å². The molecule has 2 saturated heterocycles. The Bertz CT molecular complexity index is 958. The van der Waals surface area contributed by atoms with Crippen LogP contribution in [0.4, 0.5) is 0 Å². The van der Waals surface area contributed by atoms with Crippen molar-refractivity contribution in [2.75, 3.05) is 26.2 Å². The van der Waals surface area contributed by atoms with Crippen LogP contribution in [0.1, 0.15) is 5.56 Å². The molecule has 0 unspecified atom stereocenters. The van der Waals surface area contributed by atoms with Gasteiger partial charge in [-0.3, -0.25) is 4.79 Å². The molecule has 1 amide bonds. The Morgan fingerprint density at radius 1 is 1.34 bits per heavy atom. The van der Waals surface area contributed by atoms with Crippen molar-refractivity contribution in [2.45, 2.75) is 20.8 Å². The predicted molar refractivity (Wildman–Crippen MR) is 114 cm³/mol. The zero-order chi connectivity index (χ0) is 20.4. The van der Waals surface area contributed by atoms with Crippen molar-refractivity contribution in [1.29, 1.82) is 5.26 Å². The topological polar surface area (TPSA) is 78.3 Å². The highest BCUT2D eigenvalue weighted by atomic mass is 35.5. The molecule has 2 aromatic rings. The minimum atomic E-state index is -0.522. The summed E-state index contributed by atoms with van der Waals surface area (Å²) in [7, 11) is 0. The van der Waals surface area contributed by atoms with Gasteiger partial charge in [0.05, 0.1) is 32.0 Å². The van der Waals surface area contributed by atoms with Crippen LogP contribution < -0.4 is 5.32 Å². The molecular weight excluding hydrogens is 451 g/mol. The first-order valence-corrected chi connectivity index (χ1v) is 11.2. The summed E-state index contributed by atoms with van der Waals surface area (Å²) in [6, 6.07) is 11.1. The van der Waals surface area contributed by atoms with Crippen molar-refractivity contribution < 1.29 is 9.53 Å². The van der Waals surface area contributed by atoms with Crippen molar-refractivity contribution in [3.05, 3.63) is 52.1 Å². The van der Waals surface area contributed by atoms with Crippen LogP contribution in [0.15, 0.2) is 46.5 Å². The molecule has 3 heterocycles. The lowest BCUT2D eigenvalue weighted by Crippen LogP contribution is -2.58. The van der Waals surface area contributed by atoms with Gasteiger partial charge in [0.15, 0.2) is 0 Å². The fourth-order valence-electron chi connectivity index (χ4n) is 3.26. The van der Waals surface area contributed by atoms with Gasteiger partial charge in [-0.1, -0.05) is 35.0 Å². The molecule has 0 radical (unpaired) electrons. The smallest absolute Gasteiger partial charge is 0.246 e. The standard InChI is InChI=1S/C19H16Cl2N4O2S2/c20-13-2-4-18(23-7-13)28-16-8-25(11-19(16)10-24-17(26)9-27-19)29-15-3-1-12(6-22)5-14(15)21/h1-5,7,16H,8-11H2,(H,24,26)/t16-,19+/m0/s1. The highest BCUT2D eigenvalue weighted by molar-refractivity contribution is 8.00. The Morgan fingerprint density at radius 3 is 2.86 bits per heavy atom. The molecule has 150 valence electrons. The van der Waals surface area contributed by atoms with Crippen LogP contribution in [0.3, 0.4) is 0 Å². The molecule has 1 aromatic heterocycles. The number of morpholine rings is 1. The lowest BCUT2D eigenvalue weighted by atomic mass is 10.0. The van der Waals surface area contributed by atoms with Gasteiger partial charge in [-0.05, 0) is 42.3 Å². The van der Waals surface area contributed by atoms with Gasteiger partial charge in [-0.2, -0.15) is 5.26 Å². The maximum absolute atomic E-state index is 11.7. The normalized spacial score (nSPS) is 24.4. The molecular formula is C19H16Cl2N4O2S2. The molecule has 1 N–H and O–H groups in total. The fourth-order valence-corrected chi connectivity index (χ4v) is 6.06. The van der Waals surface area contributed by atoms with Gasteiger partial charge in [0.25, 0.3) is 0 Å². The van der Waals surface area contributed by atoms with E-state index in [2.05, 4.69) is 20.7 Å². The van der Waals surface area contributed by atoms with E-state index in [4.69, 9.17) is 33.2 Å². The number of ether oxygens (including phenoxy) is 1. The Labute approximate surface area is 187 Å². The number of carbonyl (C=O) groups excluding carboxylic acids is 1. The average molecular weight is 467 g/mol. The summed E-state index contributed by atoms with van der Waals surface area (Å²) in [5.74, 6) is -0.106. The molecule has 4 rings (SSSR count). The van der Waals surface area contributed by atoms with Crippen LogP contribution in [0, 0.1) is 11.3 Å². The lowest BCUT2D eigenvalue weighted by Gasteiger charge is -2.37. The van der Waals surface area contributed by atoms with Gasteiger partial charge in [-0.15, -0.1) is 0 Å². The molecule has 29 heavy (non-hydrogen) atoms. The number of halogens is 2. The summed E-state index contributed by atoms with van der Waals surface area (Å²) in [6.07, 6.45) is 1.62. The largest absolute Gasteiger partial charge is 0.361 e. The summed E-state index contributed by atoms with van der Waals surface area (Å²) >= 11 is 15.4. The fraction of sp³-hybridized carbons (Fsp3) is 0.316. The summed E-state index contributed by atoms with van der Waals surface area (Å²) in [4.78, 5) is 16.9. The maximum Gasteiger partial charge on any atom is 0.246 e. The molecule has 2 aliphatic heterocycles. The molecule has 2 atom stereocenters. The Kier molecular flexibility index (Phi) is 6.25. The third-order valence-electron chi connectivity index (χ3n) is 4.73. The Balaban J connectivity index is 1.54. The van der Waals surface area contributed by atoms with Crippen LogP contribution >= 0.6 is 46.9 Å². The Morgan fingerprint density at radius 2 is 2.21 bits per heavy atom. The molecule has 10 heteroatoms. The van der Waals surface area contributed by atoms with Gasteiger partial charge in [0.1, 0.15) is 12.2 Å². The van der Waals surface area contributed by atoms with E-state index < -0.39 is 5.60 Å². The predicted octanol–water partition coefficient (Wildman–Crippen LogP) is 3.63.